The molecule has 17 heavy (non-hydrogen) atoms. The number of anilines is 1. The van der Waals surface area contributed by atoms with Crippen molar-refractivity contribution in [2.24, 2.45) is 5.92 Å². The monoisotopic (exact) mass is 299 g/mol. The lowest BCUT2D eigenvalue weighted by atomic mass is 10.0. The summed E-state index contributed by atoms with van der Waals surface area (Å²) >= 11 is 3.51. The average Bonchev–Trinajstić information content (AvgIpc) is 2.24. The summed E-state index contributed by atoms with van der Waals surface area (Å²) in [4.78, 5) is 10.9. The zero-order valence-electron chi connectivity index (χ0n) is 10.5. The molecule has 2 atom stereocenters. The third-order valence-corrected chi connectivity index (χ3v) is 4.22. The molecule has 0 aliphatic heterocycles. The summed E-state index contributed by atoms with van der Waals surface area (Å²) in [6.45, 7) is 7.63. The molecule has 0 aliphatic rings. The topological polar surface area (TPSA) is 49.3 Å². The largest absolute Gasteiger partial charge is 0.481 e. The molecule has 2 N–H and O–H groups in total. The number of rotatable bonds is 4. The average molecular weight is 300 g/mol. The van der Waals surface area contributed by atoms with Crippen molar-refractivity contribution in [1.82, 2.24) is 0 Å². The number of carbonyl (C=O) groups is 1. The van der Waals surface area contributed by atoms with Crippen molar-refractivity contribution in [3.8, 4) is 0 Å². The first-order chi connectivity index (χ1) is 7.82. The molecule has 94 valence electrons. The van der Waals surface area contributed by atoms with Gasteiger partial charge in [0.05, 0.1) is 5.92 Å². The predicted octanol–water partition coefficient (Wildman–Crippen LogP) is 3.59. The molecule has 0 saturated carbocycles. The highest BCUT2D eigenvalue weighted by Gasteiger charge is 2.19. The molecule has 0 bridgehead atoms. The van der Waals surface area contributed by atoms with Crippen LogP contribution in [0.2, 0.25) is 0 Å². The number of nitrogens with one attached hydrogen (secondary N) is 1. The minimum Gasteiger partial charge on any atom is -0.481 e. The second kappa shape index (κ2) is 5.54. The summed E-state index contributed by atoms with van der Waals surface area (Å²) in [5.41, 5.74) is 3.24. The maximum atomic E-state index is 10.9. The Balaban J connectivity index is 2.86. The smallest absolute Gasteiger partial charge is 0.308 e. The second-order valence-electron chi connectivity index (χ2n) is 4.48. The van der Waals surface area contributed by atoms with Gasteiger partial charge in [0.25, 0.3) is 0 Å². The number of aliphatic carboxylic acids is 1. The summed E-state index contributed by atoms with van der Waals surface area (Å²) in [6.07, 6.45) is 0. The SMILES string of the molecule is Cc1cc(NC(C)C(C)C(=O)O)cc(C)c1Br. The maximum Gasteiger partial charge on any atom is 0.308 e. The van der Waals surface area contributed by atoms with E-state index in [1.54, 1.807) is 6.92 Å². The molecule has 0 amide bonds. The van der Waals surface area contributed by atoms with Gasteiger partial charge in [0.15, 0.2) is 0 Å². The van der Waals surface area contributed by atoms with Crippen molar-refractivity contribution >= 4 is 27.6 Å². The summed E-state index contributed by atoms with van der Waals surface area (Å²) in [5.74, 6) is -1.20. The van der Waals surface area contributed by atoms with Crippen molar-refractivity contribution in [2.75, 3.05) is 5.32 Å². The Bertz CT molecular complexity index is 408. The van der Waals surface area contributed by atoms with E-state index in [1.165, 1.54) is 0 Å². The molecule has 0 spiro atoms. The minimum atomic E-state index is -0.782. The normalized spacial score (nSPS) is 14.2. The van der Waals surface area contributed by atoms with Gasteiger partial charge in [-0.2, -0.15) is 0 Å². The first-order valence-electron chi connectivity index (χ1n) is 5.59. The van der Waals surface area contributed by atoms with E-state index in [1.807, 2.05) is 32.9 Å². The zero-order chi connectivity index (χ0) is 13.2. The van der Waals surface area contributed by atoms with Gasteiger partial charge in [0.2, 0.25) is 0 Å². The van der Waals surface area contributed by atoms with Crippen LogP contribution >= 0.6 is 15.9 Å². The number of hydrogen-bond acceptors (Lipinski definition) is 2. The number of carboxylic acid groups (broad SMARTS) is 1. The molecular formula is C13H18BrNO2. The molecule has 1 rings (SSSR count). The summed E-state index contributed by atoms with van der Waals surface area (Å²) in [5, 5.41) is 12.2. The van der Waals surface area contributed by atoms with Crippen molar-refractivity contribution in [3.05, 3.63) is 27.7 Å². The number of carboxylic acids is 1. The number of aryl methyl sites for hydroxylation is 2. The molecule has 0 heterocycles. The first kappa shape index (κ1) is 14.0. The standard InChI is InChI=1S/C13H18BrNO2/c1-7-5-11(6-8(2)12(7)14)15-10(4)9(3)13(16)17/h5-6,9-10,15H,1-4H3,(H,16,17). The van der Waals surface area contributed by atoms with Gasteiger partial charge in [0, 0.05) is 16.2 Å². The van der Waals surface area contributed by atoms with Crippen molar-refractivity contribution < 1.29 is 9.90 Å². The Morgan fingerprint density at radius 1 is 1.29 bits per heavy atom. The Kier molecular flexibility index (Phi) is 4.57. The van der Waals surface area contributed by atoms with Gasteiger partial charge in [0.1, 0.15) is 0 Å². The van der Waals surface area contributed by atoms with Crippen molar-refractivity contribution in [2.45, 2.75) is 33.7 Å². The quantitative estimate of drug-likeness (QED) is 0.893. The van der Waals surface area contributed by atoms with Crippen LogP contribution in [0.25, 0.3) is 0 Å². The highest BCUT2D eigenvalue weighted by molar-refractivity contribution is 9.10. The van der Waals surface area contributed by atoms with E-state index >= 15 is 0 Å². The van der Waals surface area contributed by atoms with E-state index in [0.717, 1.165) is 21.3 Å². The summed E-state index contributed by atoms with van der Waals surface area (Å²) < 4.78 is 1.10. The summed E-state index contributed by atoms with van der Waals surface area (Å²) in [6, 6.07) is 3.93. The van der Waals surface area contributed by atoms with E-state index in [0.29, 0.717) is 0 Å². The minimum absolute atomic E-state index is 0.104. The molecule has 2 unspecified atom stereocenters. The Morgan fingerprint density at radius 2 is 1.76 bits per heavy atom. The van der Waals surface area contributed by atoms with E-state index in [2.05, 4.69) is 21.2 Å². The molecule has 1 aromatic carbocycles. The van der Waals surface area contributed by atoms with Crippen LogP contribution < -0.4 is 5.32 Å². The van der Waals surface area contributed by atoms with E-state index in [-0.39, 0.29) is 6.04 Å². The van der Waals surface area contributed by atoms with E-state index in [4.69, 9.17) is 5.11 Å². The van der Waals surface area contributed by atoms with Crippen LogP contribution in [0.3, 0.4) is 0 Å². The fourth-order valence-electron chi connectivity index (χ4n) is 1.63. The van der Waals surface area contributed by atoms with Crippen LogP contribution in [0.5, 0.6) is 0 Å². The lowest BCUT2D eigenvalue weighted by Gasteiger charge is -2.20. The maximum absolute atomic E-state index is 10.9. The predicted molar refractivity (Wildman–Crippen MR) is 73.5 cm³/mol. The zero-order valence-corrected chi connectivity index (χ0v) is 12.1. The number of benzene rings is 1. The van der Waals surface area contributed by atoms with Gasteiger partial charge in [-0.25, -0.2) is 0 Å². The first-order valence-corrected chi connectivity index (χ1v) is 6.38. The van der Waals surface area contributed by atoms with E-state index < -0.39 is 11.9 Å². The summed E-state index contributed by atoms with van der Waals surface area (Å²) in [7, 11) is 0. The number of hydrogen-bond donors (Lipinski definition) is 2. The van der Waals surface area contributed by atoms with Gasteiger partial charge < -0.3 is 10.4 Å². The molecule has 1 aromatic rings. The second-order valence-corrected chi connectivity index (χ2v) is 5.28. The molecule has 0 saturated heterocycles. The fraction of sp³-hybridized carbons (Fsp3) is 0.462. The Hall–Kier alpha value is -1.03. The molecule has 3 nitrogen and oxygen atoms in total. The van der Waals surface area contributed by atoms with Crippen molar-refractivity contribution in [1.29, 1.82) is 0 Å². The molecule has 0 aromatic heterocycles. The van der Waals surface area contributed by atoms with Gasteiger partial charge >= 0.3 is 5.97 Å². The van der Waals surface area contributed by atoms with Crippen LogP contribution in [0, 0.1) is 19.8 Å². The van der Waals surface area contributed by atoms with Crippen LogP contribution in [0.15, 0.2) is 16.6 Å². The highest BCUT2D eigenvalue weighted by atomic mass is 79.9. The van der Waals surface area contributed by atoms with Crippen LogP contribution in [0.1, 0.15) is 25.0 Å². The van der Waals surface area contributed by atoms with E-state index in [9.17, 15) is 4.79 Å². The molecule has 0 radical (unpaired) electrons. The van der Waals surface area contributed by atoms with Crippen LogP contribution in [-0.4, -0.2) is 17.1 Å². The third-order valence-electron chi connectivity index (χ3n) is 2.97. The molecule has 0 fully saturated rings. The molecule has 4 heteroatoms. The van der Waals surface area contributed by atoms with Gasteiger partial charge in [-0.3, -0.25) is 4.79 Å². The van der Waals surface area contributed by atoms with Gasteiger partial charge in [-0.05, 0) is 51.0 Å². The fourth-order valence-corrected chi connectivity index (χ4v) is 1.86. The molecular weight excluding hydrogens is 282 g/mol. The van der Waals surface area contributed by atoms with Gasteiger partial charge in [-0.1, -0.05) is 15.9 Å². The lowest BCUT2D eigenvalue weighted by molar-refractivity contribution is -0.141. The number of halogens is 1. The Morgan fingerprint density at radius 3 is 2.18 bits per heavy atom. The van der Waals surface area contributed by atoms with Crippen LogP contribution in [-0.2, 0) is 4.79 Å². The third kappa shape index (κ3) is 3.46. The Labute approximate surface area is 110 Å². The molecule has 0 aliphatic carbocycles. The van der Waals surface area contributed by atoms with Crippen LogP contribution in [0.4, 0.5) is 5.69 Å². The lowest BCUT2D eigenvalue weighted by Crippen LogP contribution is -2.29. The van der Waals surface area contributed by atoms with Crippen molar-refractivity contribution in [3.63, 3.8) is 0 Å². The highest BCUT2D eigenvalue weighted by Crippen LogP contribution is 2.25. The van der Waals surface area contributed by atoms with Gasteiger partial charge in [-0.15, -0.1) is 0 Å².